The van der Waals surface area contributed by atoms with Gasteiger partial charge in [-0.3, -0.25) is 0 Å². The molecule has 5 heteroatoms. The molecule has 1 heterocycles. The zero-order valence-electron chi connectivity index (χ0n) is 8.47. The lowest BCUT2D eigenvalue weighted by Crippen LogP contribution is -2.04. The van der Waals surface area contributed by atoms with E-state index in [-0.39, 0.29) is 0 Å². The molecule has 0 bridgehead atoms. The fourth-order valence-electron chi connectivity index (χ4n) is 1.55. The molecular weight excluding hydrogens is 208 g/mol. The quantitative estimate of drug-likeness (QED) is 0.804. The van der Waals surface area contributed by atoms with Crippen molar-refractivity contribution in [3.8, 4) is 0 Å². The molecule has 1 N–H and O–H groups in total. The van der Waals surface area contributed by atoms with Crippen molar-refractivity contribution < 1.29 is 0 Å². The average Bonchev–Trinajstić information content (AvgIpc) is 2.65. The highest BCUT2D eigenvalue weighted by Crippen LogP contribution is 2.10. The maximum atomic E-state index is 5.02. The van der Waals surface area contributed by atoms with Gasteiger partial charge < -0.3 is 0 Å². The molecule has 0 radical (unpaired) electrons. The number of hydrogen-bond donors (Lipinski definition) is 1. The van der Waals surface area contributed by atoms with Crippen LogP contribution in [0.2, 0.25) is 0 Å². The van der Waals surface area contributed by atoms with Gasteiger partial charge in [0.1, 0.15) is 0 Å². The molecule has 0 aliphatic heterocycles. The molecule has 0 amide bonds. The second kappa shape index (κ2) is 4.35. The van der Waals surface area contributed by atoms with E-state index in [1.807, 2.05) is 12.1 Å². The Kier molecular flexibility index (Phi) is 2.91. The molecule has 15 heavy (non-hydrogen) atoms. The standard InChI is InChI=1S/C10H12N4S/c1-2-8-5-3-4-6-9(8)7-14-10(15)11-12-13-14/h3-6H,2,7H2,1H3,(H,11,13,15). The van der Waals surface area contributed by atoms with Gasteiger partial charge in [0.25, 0.3) is 0 Å². The number of nitrogens with zero attached hydrogens (tertiary/aromatic N) is 3. The first-order valence-corrected chi connectivity index (χ1v) is 5.26. The summed E-state index contributed by atoms with van der Waals surface area (Å²) in [4.78, 5) is 0. The van der Waals surface area contributed by atoms with Crippen LogP contribution < -0.4 is 0 Å². The lowest BCUT2D eigenvalue weighted by molar-refractivity contribution is 0.638. The monoisotopic (exact) mass is 220 g/mol. The first-order valence-electron chi connectivity index (χ1n) is 4.86. The summed E-state index contributed by atoms with van der Waals surface area (Å²) in [6.45, 7) is 2.85. The molecule has 0 aliphatic rings. The van der Waals surface area contributed by atoms with E-state index < -0.39 is 0 Å². The van der Waals surface area contributed by atoms with Crippen molar-refractivity contribution in [2.75, 3.05) is 0 Å². The third-order valence-corrected chi connectivity index (χ3v) is 2.66. The van der Waals surface area contributed by atoms with Gasteiger partial charge in [0.15, 0.2) is 0 Å². The summed E-state index contributed by atoms with van der Waals surface area (Å²) in [6.07, 6.45) is 1.02. The van der Waals surface area contributed by atoms with Crippen molar-refractivity contribution >= 4 is 12.2 Å². The number of rotatable bonds is 3. The fourth-order valence-corrected chi connectivity index (χ4v) is 1.69. The van der Waals surface area contributed by atoms with Crippen LogP contribution in [0.1, 0.15) is 18.1 Å². The minimum absolute atomic E-state index is 0.487. The SMILES string of the molecule is CCc1ccccc1Cn1[nH]nnc1=S. The zero-order valence-corrected chi connectivity index (χ0v) is 9.29. The average molecular weight is 220 g/mol. The highest BCUT2D eigenvalue weighted by molar-refractivity contribution is 7.71. The van der Waals surface area contributed by atoms with E-state index in [1.165, 1.54) is 11.1 Å². The number of H-pyrrole nitrogens is 1. The predicted molar refractivity (Wildman–Crippen MR) is 60.1 cm³/mol. The van der Waals surface area contributed by atoms with E-state index in [2.05, 4.69) is 34.6 Å². The molecule has 2 rings (SSSR count). The largest absolute Gasteiger partial charge is 0.238 e. The zero-order chi connectivity index (χ0) is 10.7. The van der Waals surface area contributed by atoms with Gasteiger partial charge in [-0.25, -0.2) is 4.68 Å². The first kappa shape index (κ1) is 10.0. The molecule has 0 fully saturated rings. The second-order valence-electron chi connectivity index (χ2n) is 3.29. The van der Waals surface area contributed by atoms with E-state index >= 15 is 0 Å². The van der Waals surface area contributed by atoms with E-state index in [0.29, 0.717) is 11.3 Å². The van der Waals surface area contributed by atoms with Crippen LogP contribution in [0.15, 0.2) is 24.3 Å². The molecule has 4 nitrogen and oxygen atoms in total. The Morgan fingerprint density at radius 1 is 1.33 bits per heavy atom. The summed E-state index contributed by atoms with van der Waals surface area (Å²) < 4.78 is 2.24. The van der Waals surface area contributed by atoms with Gasteiger partial charge in [-0.15, -0.1) is 0 Å². The Morgan fingerprint density at radius 3 is 2.67 bits per heavy atom. The van der Waals surface area contributed by atoms with Crippen LogP contribution in [0.3, 0.4) is 0 Å². The van der Waals surface area contributed by atoms with E-state index in [9.17, 15) is 0 Å². The molecule has 0 unspecified atom stereocenters. The normalized spacial score (nSPS) is 10.5. The molecule has 78 valence electrons. The molecule has 0 saturated heterocycles. The van der Waals surface area contributed by atoms with Crippen molar-refractivity contribution in [1.29, 1.82) is 0 Å². The van der Waals surface area contributed by atoms with Crippen molar-refractivity contribution in [1.82, 2.24) is 20.2 Å². The highest BCUT2D eigenvalue weighted by atomic mass is 32.1. The van der Waals surface area contributed by atoms with Gasteiger partial charge in [-0.1, -0.05) is 41.5 Å². The van der Waals surface area contributed by atoms with Crippen molar-refractivity contribution in [3.05, 3.63) is 40.2 Å². The van der Waals surface area contributed by atoms with Gasteiger partial charge in [-0.05, 0) is 29.8 Å². The van der Waals surface area contributed by atoms with Crippen LogP contribution in [0.25, 0.3) is 0 Å². The summed E-state index contributed by atoms with van der Waals surface area (Å²) in [5, 5.41) is 10.2. The summed E-state index contributed by atoms with van der Waals surface area (Å²) in [6, 6.07) is 8.30. The van der Waals surface area contributed by atoms with Gasteiger partial charge in [0.2, 0.25) is 4.77 Å². The maximum Gasteiger partial charge on any atom is 0.238 e. The maximum absolute atomic E-state index is 5.02. The molecule has 0 saturated carbocycles. The fraction of sp³-hybridized carbons (Fsp3) is 0.300. The van der Waals surface area contributed by atoms with Crippen LogP contribution in [-0.2, 0) is 13.0 Å². The van der Waals surface area contributed by atoms with E-state index in [0.717, 1.165) is 6.42 Å². The second-order valence-corrected chi connectivity index (χ2v) is 3.66. The van der Waals surface area contributed by atoms with E-state index in [1.54, 1.807) is 4.68 Å². The Hall–Kier alpha value is -1.49. The van der Waals surface area contributed by atoms with E-state index in [4.69, 9.17) is 12.2 Å². The third-order valence-electron chi connectivity index (χ3n) is 2.36. The summed E-state index contributed by atoms with van der Waals surface area (Å²) >= 11 is 5.02. The number of aryl methyl sites for hydroxylation is 1. The van der Waals surface area contributed by atoms with Crippen LogP contribution in [0.5, 0.6) is 0 Å². The predicted octanol–water partition coefficient (Wildman–Crippen LogP) is 1.95. The summed E-state index contributed by atoms with van der Waals surface area (Å²) in [5.41, 5.74) is 2.58. The number of nitrogens with one attached hydrogen (secondary N) is 1. The Morgan fingerprint density at radius 2 is 2.07 bits per heavy atom. The first-order chi connectivity index (χ1) is 7.31. The number of tetrazole rings is 1. The Balaban J connectivity index is 2.32. The molecular formula is C10H12N4S. The minimum Gasteiger partial charge on any atom is -0.238 e. The third kappa shape index (κ3) is 2.12. The van der Waals surface area contributed by atoms with Crippen LogP contribution in [0.4, 0.5) is 0 Å². The Labute approximate surface area is 92.9 Å². The molecule has 0 spiro atoms. The lowest BCUT2D eigenvalue weighted by Gasteiger charge is -2.06. The molecule has 2 aromatic rings. The topological polar surface area (TPSA) is 46.5 Å². The molecule has 1 aromatic heterocycles. The summed E-state index contributed by atoms with van der Waals surface area (Å²) in [5.74, 6) is 0. The minimum atomic E-state index is 0.487. The van der Waals surface area contributed by atoms with Gasteiger partial charge in [-0.2, -0.15) is 5.21 Å². The smallest absolute Gasteiger partial charge is 0.238 e. The number of aromatic amines is 1. The number of hydrogen-bond acceptors (Lipinski definition) is 3. The van der Waals surface area contributed by atoms with Crippen LogP contribution in [0, 0.1) is 4.77 Å². The highest BCUT2D eigenvalue weighted by Gasteiger charge is 2.02. The molecule has 0 aliphatic carbocycles. The van der Waals surface area contributed by atoms with Crippen molar-refractivity contribution in [2.45, 2.75) is 19.9 Å². The molecule has 0 atom stereocenters. The Bertz CT molecular complexity index is 500. The lowest BCUT2D eigenvalue weighted by atomic mass is 10.1. The van der Waals surface area contributed by atoms with Crippen LogP contribution in [-0.4, -0.2) is 20.2 Å². The van der Waals surface area contributed by atoms with Gasteiger partial charge >= 0.3 is 0 Å². The van der Waals surface area contributed by atoms with Crippen LogP contribution >= 0.6 is 12.2 Å². The van der Waals surface area contributed by atoms with Crippen molar-refractivity contribution in [3.63, 3.8) is 0 Å². The number of benzene rings is 1. The van der Waals surface area contributed by atoms with Gasteiger partial charge in [0.05, 0.1) is 6.54 Å². The summed E-state index contributed by atoms with van der Waals surface area (Å²) in [7, 11) is 0. The van der Waals surface area contributed by atoms with Gasteiger partial charge in [0, 0.05) is 0 Å². The molecule has 1 aromatic carbocycles. The van der Waals surface area contributed by atoms with Crippen molar-refractivity contribution in [2.24, 2.45) is 0 Å². The number of aromatic nitrogens is 4.